The van der Waals surface area contributed by atoms with Gasteiger partial charge in [0, 0.05) is 30.3 Å². The maximum absolute atomic E-state index is 13.3. The molecule has 1 aliphatic heterocycles. The van der Waals surface area contributed by atoms with Gasteiger partial charge in [0.2, 0.25) is 0 Å². The van der Waals surface area contributed by atoms with E-state index in [-0.39, 0.29) is 17.9 Å². The maximum Gasteiger partial charge on any atom is 0.312 e. The first-order valence-electron chi connectivity index (χ1n) is 8.79. The van der Waals surface area contributed by atoms with Gasteiger partial charge >= 0.3 is 11.8 Å². The number of piperazine rings is 1. The highest BCUT2D eigenvalue weighted by Gasteiger charge is 2.45. The van der Waals surface area contributed by atoms with Crippen molar-refractivity contribution in [3.8, 4) is 11.3 Å². The fourth-order valence-corrected chi connectivity index (χ4v) is 3.66. The number of hydrogen-bond acceptors (Lipinski definition) is 4. The Balaban J connectivity index is 1.45. The van der Waals surface area contributed by atoms with E-state index in [2.05, 4.69) is 5.16 Å². The lowest BCUT2D eigenvalue weighted by molar-refractivity contribution is -0.163. The second kappa shape index (κ2) is 6.23. The first-order chi connectivity index (χ1) is 12.5. The molecule has 7 heteroatoms. The standard InChI is InChI=1S/C19H20FN3O3/c1-19(6-3-7-19)23-9-8-22(17(24)18(23)25)12-15-11-16(21-26-15)13-4-2-5-14(20)10-13/h2,4-5,10-11H,3,6-9,12H2,1H3. The molecule has 1 saturated carbocycles. The zero-order valence-electron chi connectivity index (χ0n) is 14.6. The fourth-order valence-electron chi connectivity index (χ4n) is 3.66. The quantitative estimate of drug-likeness (QED) is 0.789. The Morgan fingerprint density at radius 3 is 2.69 bits per heavy atom. The molecule has 0 bridgehead atoms. The number of halogens is 1. The van der Waals surface area contributed by atoms with Crippen LogP contribution in [-0.2, 0) is 16.1 Å². The number of amides is 2. The SMILES string of the molecule is CC1(N2CCN(Cc3cc(-c4cccc(F)c4)no3)C(=O)C2=O)CCC1. The summed E-state index contributed by atoms with van der Waals surface area (Å²) in [4.78, 5) is 28.1. The third-order valence-electron chi connectivity index (χ3n) is 5.42. The summed E-state index contributed by atoms with van der Waals surface area (Å²) in [6.45, 7) is 3.22. The van der Waals surface area contributed by atoms with Gasteiger partial charge in [0.05, 0.1) is 6.54 Å². The molecule has 136 valence electrons. The predicted octanol–water partition coefficient (Wildman–Crippen LogP) is 2.59. The number of carbonyl (C=O) groups excluding carboxylic acids is 2. The van der Waals surface area contributed by atoms with E-state index >= 15 is 0 Å². The number of rotatable bonds is 4. The molecule has 2 amide bonds. The molecule has 0 radical (unpaired) electrons. The smallest absolute Gasteiger partial charge is 0.312 e. The normalized spacial score (nSPS) is 19.6. The molecule has 0 spiro atoms. The minimum Gasteiger partial charge on any atom is -0.359 e. The molecular weight excluding hydrogens is 337 g/mol. The van der Waals surface area contributed by atoms with E-state index in [1.54, 1.807) is 23.1 Å². The van der Waals surface area contributed by atoms with Gasteiger partial charge in [-0.15, -0.1) is 0 Å². The molecule has 0 atom stereocenters. The molecule has 2 aromatic rings. The van der Waals surface area contributed by atoms with Crippen molar-refractivity contribution in [3.05, 3.63) is 41.9 Å². The highest BCUT2D eigenvalue weighted by molar-refractivity contribution is 6.35. The number of hydrogen-bond donors (Lipinski definition) is 0. The van der Waals surface area contributed by atoms with E-state index in [1.165, 1.54) is 17.0 Å². The highest BCUT2D eigenvalue weighted by atomic mass is 19.1. The summed E-state index contributed by atoms with van der Waals surface area (Å²) in [5.74, 6) is -0.835. The minimum atomic E-state index is -0.506. The Kier molecular flexibility index (Phi) is 4.01. The van der Waals surface area contributed by atoms with Gasteiger partial charge in [-0.25, -0.2) is 4.39 Å². The van der Waals surface area contributed by atoms with Crippen LogP contribution in [0.15, 0.2) is 34.9 Å². The zero-order chi connectivity index (χ0) is 18.3. The van der Waals surface area contributed by atoms with E-state index in [4.69, 9.17) is 4.52 Å². The van der Waals surface area contributed by atoms with Crippen LogP contribution < -0.4 is 0 Å². The van der Waals surface area contributed by atoms with Gasteiger partial charge in [-0.1, -0.05) is 17.3 Å². The first kappa shape index (κ1) is 16.8. The van der Waals surface area contributed by atoms with Gasteiger partial charge in [0.15, 0.2) is 5.76 Å². The van der Waals surface area contributed by atoms with E-state index in [0.29, 0.717) is 30.1 Å². The van der Waals surface area contributed by atoms with Crippen LogP contribution in [0.1, 0.15) is 31.9 Å². The van der Waals surface area contributed by atoms with Gasteiger partial charge < -0.3 is 14.3 Å². The van der Waals surface area contributed by atoms with Crippen molar-refractivity contribution in [2.75, 3.05) is 13.1 Å². The summed E-state index contributed by atoms with van der Waals surface area (Å²) in [5.41, 5.74) is 0.930. The molecule has 1 saturated heterocycles. The number of nitrogens with zero attached hydrogens (tertiary/aromatic N) is 3. The molecule has 26 heavy (non-hydrogen) atoms. The van der Waals surface area contributed by atoms with Gasteiger partial charge in [-0.3, -0.25) is 9.59 Å². The van der Waals surface area contributed by atoms with Crippen LogP contribution in [0, 0.1) is 5.82 Å². The van der Waals surface area contributed by atoms with Crippen molar-refractivity contribution in [1.82, 2.24) is 15.0 Å². The molecule has 2 fully saturated rings. The number of benzene rings is 1. The summed E-state index contributed by atoms with van der Waals surface area (Å²) in [6.07, 6.45) is 3.00. The topological polar surface area (TPSA) is 66.7 Å². The van der Waals surface area contributed by atoms with Gasteiger partial charge in [-0.05, 0) is 38.3 Å². The Morgan fingerprint density at radius 2 is 2.00 bits per heavy atom. The molecule has 1 aromatic carbocycles. The van der Waals surface area contributed by atoms with Crippen molar-refractivity contribution < 1.29 is 18.5 Å². The third-order valence-corrected chi connectivity index (χ3v) is 5.42. The van der Waals surface area contributed by atoms with Gasteiger partial charge in [0.25, 0.3) is 0 Å². The second-order valence-corrected chi connectivity index (χ2v) is 7.22. The van der Waals surface area contributed by atoms with E-state index in [0.717, 1.165) is 19.3 Å². The maximum atomic E-state index is 13.3. The lowest BCUT2D eigenvalue weighted by atomic mass is 9.76. The van der Waals surface area contributed by atoms with Crippen LogP contribution in [0.3, 0.4) is 0 Å². The van der Waals surface area contributed by atoms with Crippen molar-refractivity contribution in [3.63, 3.8) is 0 Å². The van der Waals surface area contributed by atoms with E-state index in [9.17, 15) is 14.0 Å². The Bertz CT molecular complexity index is 859. The number of aromatic nitrogens is 1. The first-order valence-corrected chi connectivity index (χ1v) is 8.79. The van der Waals surface area contributed by atoms with Crippen LogP contribution >= 0.6 is 0 Å². The largest absolute Gasteiger partial charge is 0.359 e. The van der Waals surface area contributed by atoms with E-state index in [1.807, 2.05) is 6.92 Å². The highest BCUT2D eigenvalue weighted by Crippen LogP contribution is 2.38. The van der Waals surface area contributed by atoms with Gasteiger partial charge in [0.1, 0.15) is 11.5 Å². The molecule has 0 unspecified atom stereocenters. The molecule has 1 aromatic heterocycles. The molecule has 2 heterocycles. The molecular formula is C19H20FN3O3. The summed E-state index contributed by atoms with van der Waals surface area (Å²) < 4.78 is 18.6. The lowest BCUT2D eigenvalue weighted by Crippen LogP contribution is -2.63. The number of carbonyl (C=O) groups is 2. The summed E-state index contributed by atoms with van der Waals surface area (Å²) >= 11 is 0. The Labute approximate surface area is 150 Å². The minimum absolute atomic E-state index is 0.171. The molecule has 2 aliphatic rings. The predicted molar refractivity (Wildman–Crippen MR) is 91.3 cm³/mol. The molecule has 0 N–H and O–H groups in total. The average Bonchev–Trinajstić information content (AvgIpc) is 3.06. The van der Waals surface area contributed by atoms with Crippen molar-refractivity contribution in [2.45, 2.75) is 38.3 Å². The fraction of sp³-hybridized carbons (Fsp3) is 0.421. The lowest BCUT2D eigenvalue weighted by Gasteiger charge is -2.50. The Hall–Kier alpha value is -2.70. The van der Waals surface area contributed by atoms with Crippen LogP contribution in [0.25, 0.3) is 11.3 Å². The van der Waals surface area contributed by atoms with E-state index < -0.39 is 11.8 Å². The van der Waals surface area contributed by atoms with Crippen LogP contribution in [0.5, 0.6) is 0 Å². The zero-order valence-corrected chi connectivity index (χ0v) is 14.6. The second-order valence-electron chi connectivity index (χ2n) is 7.22. The summed E-state index contributed by atoms with van der Waals surface area (Å²) in [5, 5.41) is 3.94. The summed E-state index contributed by atoms with van der Waals surface area (Å²) in [6, 6.07) is 7.73. The van der Waals surface area contributed by atoms with Crippen LogP contribution in [-0.4, -0.2) is 45.4 Å². The van der Waals surface area contributed by atoms with Crippen molar-refractivity contribution in [2.24, 2.45) is 0 Å². The molecule has 6 nitrogen and oxygen atoms in total. The molecule has 4 rings (SSSR count). The van der Waals surface area contributed by atoms with Crippen molar-refractivity contribution >= 4 is 11.8 Å². The average molecular weight is 357 g/mol. The Morgan fingerprint density at radius 1 is 1.19 bits per heavy atom. The monoisotopic (exact) mass is 357 g/mol. The van der Waals surface area contributed by atoms with Crippen molar-refractivity contribution in [1.29, 1.82) is 0 Å². The molecule has 1 aliphatic carbocycles. The van der Waals surface area contributed by atoms with Crippen LogP contribution in [0.2, 0.25) is 0 Å². The van der Waals surface area contributed by atoms with Crippen LogP contribution in [0.4, 0.5) is 4.39 Å². The van der Waals surface area contributed by atoms with Gasteiger partial charge in [-0.2, -0.15) is 0 Å². The third kappa shape index (κ3) is 2.87. The summed E-state index contributed by atoms with van der Waals surface area (Å²) in [7, 11) is 0.